The maximum atomic E-state index is 12.6. The number of carbonyl (C=O) groups excluding carboxylic acids is 1. The van der Waals surface area contributed by atoms with Crippen molar-refractivity contribution in [1.82, 2.24) is 29.0 Å². The summed E-state index contributed by atoms with van der Waals surface area (Å²) in [6.07, 6.45) is 2.44. The second-order valence-corrected chi connectivity index (χ2v) is 7.14. The van der Waals surface area contributed by atoms with Gasteiger partial charge in [0.2, 0.25) is 5.91 Å². The molecule has 0 saturated carbocycles. The Labute approximate surface area is 166 Å². The van der Waals surface area contributed by atoms with Gasteiger partial charge in [0, 0.05) is 59.3 Å². The fraction of sp³-hybridized carbons (Fsp3) is 0.421. The molecule has 1 aliphatic rings. The van der Waals surface area contributed by atoms with Gasteiger partial charge >= 0.3 is 5.69 Å². The van der Waals surface area contributed by atoms with Gasteiger partial charge < -0.3 is 14.8 Å². The number of hydrogen-bond acceptors (Lipinski definition) is 6. The SMILES string of the molecule is Cn1c(=O)c2[nH]c(CCC(=O)N3CCN(c4ccccn4)CC3)nc2n(C)c1=O. The van der Waals surface area contributed by atoms with Crippen LogP contribution in [0.1, 0.15) is 12.2 Å². The molecule has 4 heterocycles. The number of nitrogens with one attached hydrogen (secondary N) is 1. The van der Waals surface area contributed by atoms with Crippen LogP contribution in [0.5, 0.6) is 0 Å². The summed E-state index contributed by atoms with van der Waals surface area (Å²) in [4.78, 5) is 52.5. The molecular formula is C19H23N7O3. The van der Waals surface area contributed by atoms with Crippen LogP contribution in [0.3, 0.4) is 0 Å². The molecule has 10 heteroatoms. The number of hydrogen-bond donors (Lipinski definition) is 1. The van der Waals surface area contributed by atoms with Crippen molar-refractivity contribution in [2.24, 2.45) is 14.1 Å². The van der Waals surface area contributed by atoms with E-state index >= 15 is 0 Å². The standard InChI is InChI=1S/C19H23N7O3/c1-23-17-16(18(28)24(2)19(23)29)21-13(22-17)6-7-15(27)26-11-9-25(10-12-26)14-5-3-4-8-20-14/h3-5,8H,6-7,9-12H2,1-2H3,(H,21,22). The molecule has 4 rings (SSSR count). The molecule has 0 unspecified atom stereocenters. The van der Waals surface area contributed by atoms with E-state index in [1.165, 1.54) is 11.6 Å². The molecule has 1 N–H and O–H groups in total. The number of nitrogens with zero attached hydrogens (tertiary/aromatic N) is 6. The van der Waals surface area contributed by atoms with Crippen LogP contribution in [0.15, 0.2) is 34.0 Å². The van der Waals surface area contributed by atoms with Crippen LogP contribution in [0, 0.1) is 0 Å². The first-order chi connectivity index (χ1) is 14.0. The number of carbonyl (C=O) groups is 1. The normalized spacial score (nSPS) is 14.6. The Balaban J connectivity index is 1.39. The van der Waals surface area contributed by atoms with Crippen LogP contribution < -0.4 is 16.1 Å². The summed E-state index contributed by atoms with van der Waals surface area (Å²) in [5.74, 6) is 1.50. The van der Waals surface area contributed by atoms with Crippen molar-refractivity contribution >= 4 is 22.9 Å². The molecule has 0 aromatic carbocycles. The molecule has 1 fully saturated rings. The topological polar surface area (TPSA) is 109 Å². The van der Waals surface area contributed by atoms with Gasteiger partial charge in [-0.05, 0) is 12.1 Å². The third kappa shape index (κ3) is 3.53. The van der Waals surface area contributed by atoms with Gasteiger partial charge in [0.05, 0.1) is 0 Å². The molecule has 1 saturated heterocycles. The van der Waals surface area contributed by atoms with Crippen molar-refractivity contribution < 1.29 is 4.79 Å². The molecule has 0 bridgehead atoms. The predicted octanol–water partition coefficient (Wildman–Crippen LogP) is -0.363. The minimum atomic E-state index is -0.428. The van der Waals surface area contributed by atoms with E-state index in [1.54, 1.807) is 13.2 Å². The molecule has 1 amide bonds. The zero-order valence-corrected chi connectivity index (χ0v) is 16.5. The number of aromatic nitrogens is 5. The van der Waals surface area contributed by atoms with Crippen molar-refractivity contribution in [3.63, 3.8) is 0 Å². The number of pyridine rings is 1. The molecule has 1 aliphatic heterocycles. The van der Waals surface area contributed by atoms with Crippen LogP contribution >= 0.6 is 0 Å². The van der Waals surface area contributed by atoms with Gasteiger partial charge in [0.25, 0.3) is 5.56 Å². The van der Waals surface area contributed by atoms with E-state index < -0.39 is 11.2 Å². The average Bonchev–Trinajstić information content (AvgIpc) is 3.20. The second-order valence-electron chi connectivity index (χ2n) is 7.14. The Bertz CT molecular complexity index is 1150. The molecule has 0 atom stereocenters. The molecule has 152 valence electrons. The number of imidazole rings is 1. The summed E-state index contributed by atoms with van der Waals surface area (Å²) < 4.78 is 2.37. The molecule has 10 nitrogen and oxygen atoms in total. The summed E-state index contributed by atoms with van der Waals surface area (Å²) in [6.45, 7) is 2.77. The first-order valence-corrected chi connectivity index (χ1v) is 9.54. The zero-order chi connectivity index (χ0) is 20.5. The first-order valence-electron chi connectivity index (χ1n) is 9.54. The van der Waals surface area contributed by atoms with Gasteiger partial charge in [0.1, 0.15) is 17.2 Å². The number of fused-ring (bicyclic) bond motifs is 1. The van der Waals surface area contributed by atoms with Gasteiger partial charge in [-0.15, -0.1) is 0 Å². The molecule has 29 heavy (non-hydrogen) atoms. The van der Waals surface area contributed by atoms with Crippen molar-refractivity contribution in [3.05, 3.63) is 51.1 Å². The van der Waals surface area contributed by atoms with Crippen LogP contribution in [0.25, 0.3) is 11.2 Å². The molecule has 3 aromatic rings. The smallest absolute Gasteiger partial charge is 0.332 e. The number of H-pyrrole nitrogens is 1. The van der Waals surface area contributed by atoms with Crippen molar-refractivity contribution in [2.45, 2.75) is 12.8 Å². The van der Waals surface area contributed by atoms with Crippen LogP contribution in [-0.2, 0) is 25.3 Å². The Kier molecular flexibility index (Phi) is 4.91. The number of anilines is 1. The number of rotatable bonds is 4. The number of aromatic amines is 1. The van der Waals surface area contributed by atoms with Crippen LogP contribution in [0.4, 0.5) is 5.82 Å². The summed E-state index contributed by atoms with van der Waals surface area (Å²) in [7, 11) is 3.00. The quantitative estimate of drug-likeness (QED) is 0.644. The lowest BCUT2D eigenvalue weighted by Crippen LogP contribution is -2.49. The van der Waals surface area contributed by atoms with Crippen LogP contribution in [-0.4, -0.2) is 61.1 Å². The third-order valence-corrected chi connectivity index (χ3v) is 5.33. The van der Waals surface area contributed by atoms with Gasteiger partial charge in [-0.25, -0.2) is 14.8 Å². The largest absolute Gasteiger partial charge is 0.353 e. The molecular weight excluding hydrogens is 374 g/mol. The third-order valence-electron chi connectivity index (χ3n) is 5.33. The lowest BCUT2D eigenvalue weighted by atomic mass is 10.2. The minimum Gasteiger partial charge on any atom is -0.353 e. The highest BCUT2D eigenvalue weighted by molar-refractivity contribution is 5.77. The van der Waals surface area contributed by atoms with E-state index in [0.717, 1.165) is 23.5 Å². The summed E-state index contributed by atoms with van der Waals surface area (Å²) in [6, 6.07) is 5.81. The van der Waals surface area contributed by atoms with Gasteiger partial charge in [-0.2, -0.15) is 0 Å². The van der Waals surface area contributed by atoms with Crippen molar-refractivity contribution in [1.29, 1.82) is 0 Å². The molecule has 0 aliphatic carbocycles. The number of piperazine rings is 1. The summed E-state index contributed by atoms with van der Waals surface area (Å²) >= 11 is 0. The van der Waals surface area contributed by atoms with E-state index in [9.17, 15) is 14.4 Å². The highest BCUT2D eigenvalue weighted by Gasteiger charge is 2.22. The molecule has 0 radical (unpaired) electrons. The fourth-order valence-electron chi connectivity index (χ4n) is 3.60. The highest BCUT2D eigenvalue weighted by Crippen LogP contribution is 2.14. The van der Waals surface area contributed by atoms with Crippen molar-refractivity contribution in [3.8, 4) is 0 Å². The monoisotopic (exact) mass is 397 g/mol. The highest BCUT2D eigenvalue weighted by atomic mass is 16.2. The summed E-state index contributed by atoms with van der Waals surface area (Å²) in [5, 5.41) is 0. The van der Waals surface area contributed by atoms with Gasteiger partial charge in [0.15, 0.2) is 5.65 Å². The second kappa shape index (κ2) is 7.53. The Morgan fingerprint density at radius 3 is 2.55 bits per heavy atom. The van der Waals surface area contributed by atoms with E-state index in [0.29, 0.717) is 31.0 Å². The maximum absolute atomic E-state index is 12.6. The number of aryl methyl sites for hydroxylation is 2. The minimum absolute atomic E-state index is 0.0490. The fourth-order valence-corrected chi connectivity index (χ4v) is 3.60. The van der Waals surface area contributed by atoms with Crippen molar-refractivity contribution in [2.75, 3.05) is 31.1 Å². The van der Waals surface area contributed by atoms with Gasteiger partial charge in [-0.1, -0.05) is 6.07 Å². The van der Waals surface area contributed by atoms with E-state index in [1.807, 2.05) is 23.1 Å². The zero-order valence-electron chi connectivity index (χ0n) is 16.5. The molecule has 0 spiro atoms. The first kappa shape index (κ1) is 18.9. The Morgan fingerprint density at radius 2 is 1.86 bits per heavy atom. The lowest BCUT2D eigenvalue weighted by Gasteiger charge is -2.35. The predicted molar refractivity (Wildman–Crippen MR) is 108 cm³/mol. The Morgan fingerprint density at radius 1 is 1.10 bits per heavy atom. The van der Waals surface area contributed by atoms with E-state index in [4.69, 9.17) is 0 Å². The van der Waals surface area contributed by atoms with E-state index in [2.05, 4.69) is 19.9 Å². The van der Waals surface area contributed by atoms with E-state index in [-0.39, 0.29) is 17.8 Å². The average molecular weight is 397 g/mol. The van der Waals surface area contributed by atoms with Crippen LogP contribution in [0.2, 0.25) is 0 Å². The Hall–Kier alpha value is -3.43. The number of amides is 1. The van der Waals surface area contributed by atoms with Gasteiger partial charge in [-0.3, -0.25) is 18.7 Å². The maximum Gasteiger partial charge on any atom is 0.332 e. The summed E-state index contributed by atoms with van der Waals surface area (Å²) in [5.41, 5.74) is -0.258. The molecule has 3 aromatic heterocycles. The lowest BCUT2D eigenvalue weighted by molar-refractivity contribution is -0.131.